The molecule has 0 aliphatic rings. The normalized spacial score (nSPS) is 15.4. The van der Waals surface area contributed by atoms with Crippen LogP contribution in [0.25, 0.3) is 0 Å². The molecule has 0 atom stereocenters. The van der Waals surface area contributed by atoms with Crippen molar-refractivity contribution in [3.8, 4) is 0 Å². The van der Waals surface area contributed by atoms with Gasteiger partial charge in [-0.25, -0.2) is 9.59 Å². The Kier molecular flexibility index (Phi) is 7.57. The second kappa shape index (κ2) is 8.63. The van der Waals surface area contributed by atoms with Crippen LogP contribution in [0.2, 0.25) is 0 Å². The number of aliphatic carboxylic acids is 3. The van der Waals surface area contributed by atoms with E-state index in [-0.39, 0.29) is 17.8 Å². The Bertz CT molecular complexity index is 568. The molecule has 132 valence electrons. The Hall–Kier alpha value is -2.94. The maximum absolute atomic E-state index is 12.4. The highest BCUT2D eigenvalue weighted by Crippen LogP contribution is 2.21. The third-order valence-electron chi connectivity index (χ3n) is 2.80. The molecule has 24 heavy (non-hydrogen) atoms. The average Bonchev–Trinajstić information content (AvgIpc) is 2.46. The quantitative estimate of drug-likeness (QED) is 0.506. The molecule has 9 heteroatoms. The minimum Gasteiger partial charge on any atom is -0.545 e. The Labute approximate surface area is 138 Å². The maximum atomic E-state index is 12.4. The number of amides is 1. The molecule has 0 fully saturated rings. The van der Waals surface area contributed by atoms with E-state index in [0.29, 0.717) is 0 Å². The number of quaternary nitrogens is 1. The SMILES string of the molecule is CCOC(=O)[N+](C=C(C)C(=O)[O-])(C=C(C)C(=O)O)C=C(C)C(=O)O. The number of nitrogens with zero attached hydrogens (tertiary/aromatic N) is 1. The van der Waals surface area contributed by atoms with Gasteiger partial charge in [0.1, 0.15) is 18.6 Å². The largest absolute Gasteiger partial charge is 0.545 e. The molecule has 0 saturated heterocycles. The fraction of sp³-hybridized carbons (Fsp3) is 0.333. The summed E-state index contributed by atoms with van der Waals surface area (Å²) in [4.78, 5) is 45.5. The van der Waals surface area contributed by atoms with E-state index >= 15 is 0 Å². The van der Waals surface area contributed by atoms with Gasteiger partial charge in [-0.05, 0) is 27.7 Å². The zero-order valence-electron chi connectivity index (χ0n) is 13.7. The number of rotatable bonds is 7. The van der Waals surface area contributed by atoms with Crippen LogP contribution in [0, 0.1) is 0 Å². The van der Waals surface area contributed by atoms with Crippen LogP contribution in [0.5, 0.6) is 0 Å². The van der Waals surface area contributed by atoms with Crippen LogP contribution in [0.1, 0.15) is 27.7 Å². The molecule has 0 heterocycles. The highest BCUT2D eigenvalue weighted by atomic mass is 16.6. The van der Waals surface area contributed by atoms with E-state index in [2.05, 4.69) is 0 Å². The van der Waals surface area contributed by atoms with Gasteiger partial charge < -0.3 is 24.9 Å². The fourth-order valence-corrected chi connectivity index (χ4v) is 1.63. The van der Waals surface area contributed by atoms with Gasteiger partial charge in [0.05, 0.1) is 23.7 Å². The molecule has 0 aromatic carbocycles. The Morgan fingerprint density at radius 2 is 1.29 bits per heavy atom. The van der Waals surface area contributed by atoms with E-state index in [9.17, 15) is 24.3 Å². The summed E-state index contributed by atoms with van der Waals surface area (Å²) in [6.07, 6.45) is 1.52. The van der Waals surface area contributed by atoms with Crippen molar-refractivity contribution in [3.05, 3.63) is 35.3 Å². The lowest BCUT2D eigenvalue weighted by atomic mass is 10.2. The summed E-state index contributed by atoms with van der Waals surface area (Å²) in [6, 6.07) is 0. The summed E-state index contributed by atoms with van der Waals surface area (Å²) >= 11 is 0. The number of carboxylic acid groups (broad SMARTS) is 3. The van der Waals surface area contributed by atoms with Crippen LogP contribution in [0.3, 0.4) is 0 Å². The molecule has 0 spiro atoms. The first-order valence-electron chi connectivity index (χ1n) is 6.78. The van der Waals surface area contributed by atoms with Crippen LogP contribution in [0.4, 0.5) is 4.79 Å². The van der Waals surface area contributed by atoms with Crippen LogP contribution in [0.15, 0.2) is 35.3 Å². The molecule has 0 radical (unpaired) electrons. The van der Waals surface area contributed by atoms with E-state index in [1.807, 2.05) is 0 Å². The summed E-state index contributed by atoms with van der Waals surface area (Å²) in [6.45, 7) is 4.86. The minimum absolute atomic E-state index is 0.0863. The highest BCUT2D eigenvalue weighted by Gasteiger charge is 2.36. The van der Waals surface area contributed by atoms with Crippen molar-refractivity contribution in [1.82, 2.24) is 0 Å². The molecule has 0 rings (SSSR count). The lowest BCUT2D eigenvalue weighted by Gasteiger charge is -2.24. The van der Waals surface area contributed by atoms with Gasteiger partial charge in [0.25, 0.3) is 0 Å². The van der Waals surface area contributed by atoms with E-state index < -0.39 is 34.1 Å². The van der Waals surface area contributed by atoms with Gasteiger partial charge in [0, 0.05) is 5.57 Å². The smallest absolute Gasteiger partial charge is 0.530 e. The van der Waals surface area contributed by atoms with Crippen molar-refractivity contribution in [2.24, 2.45) is 0 Å². The second-order valence-corrected chi connectivity index (χ2v) is 4.87. The molecule has 0 aromatic heterocycles. The van der Waals surface area contributed by atoms with Gasteiger partial charge >= 0.3 is 18.0 Å². The lowest BCUT2D eigenvalue weighted by Crippen LogP contribution is -2.41. The molecule has 1 amide bonds. The molecule has 0 unspecified atom stereocenters. The summed E-state index contributed by atoms with van der Waals surface area (Å²) in [5, 5.41) is 29.0. The number of carbonyl (C=O) groups excluding carboxylic acids is 2. The first-order chi connectivity index (χ1) is 11.0. The number of carbonyl (C=O) groups is 4. The van der Waals surface area contributed by atoms with Gasteiger partial charge in [-0.2, -0.15) is 4.79 Å². The molecule has 9 nitrogen and oxygen atoms in total. The van der Waals surface area contributed by atoms with Crippen LogP contribution >= 0.6 is 0 Å². The number of hydrogen-bond acceptors (Lipinski definition) is 6. The van der Waals surface area contributed by atoms with Crippen LogP contribution in [-0.2, 0) is 19.1 Å². The topological polar surface area (TPSA) is 141 Å². The van der Waals surface area contributed by atoms with Gasteiger partial charge in [-0.15, -0.1) is 4.48 Å². The van der Waals surface area contributed by atoms with Gasteiger partial charge in [-0.3, -0.25) is 0 Å². The predicted molar refractivity (Wildman–Crippen MR) is 78.8 cm³/mol. The van der Waals surface area contributed by atoms with Crippen molar-refractivity contribution in [1.29, 1.82) is 0 Å². The molecule has 0 aromatic rings. The molecule has 0 aliphatic heterocycles. The van der Waals surface area contributed by atoms with Gasteiger partial charge in [0.2, 0.25) is 0 Å². The zero-order valence-corrected chi connectivity index (χ0v) is 13.7. The second-order valence-electron chi connectivity index (χ2n) is 4.87. The molecule has 0 bridgehead atoms. The van der Waals surface area contributed by atoms with Crippen molar-refractivity contribution in [2.45, 2.75) is 27.7 Å². The van der Waals surface area contributed by atoms with Crippen molar-refractivity contribution < 1.29 is 43.7 Å². The Balaban J connectivity index is 6.70. The number of hydrogen-bond donors (Lipinski definition) is 2. The van der Waals surface area contributed by atoms with E-state index in [4.69, 9.17) is 14.9 Å². The monoisotopic (exact) mass is 341 g/mol. The average molecular weight is 341 g/mol. The molecular formula is C15H19NO8. The van der Waals surface area contributed by atoms with Gasteiger partial charge in [0.15, 0.2) is 0 Å². The minimum atomic E-state index is -1.61. The lowest BCUT2D eigenvalue weighted by molar-refractivity contribution is -0.695. The number of carboxylic acids is 3. The Morgan fingerprint density at radius 3 is 1.58 bits per heavy atom. The van der Waals surface area contributed by atoms with E-state index in [1.54, 1.807) is 0 Å². The number of ether oxygens (including phenoxy) is 1. The van der Waals surface area contributed by atoms with E-state index in [0.717, 1.165) is 25.5 Å². The fourth-order valence-electron chi connectivity index (χ4n) is 1.63. The maximum Gasteiger partial charge on any atom is 0.530 e. The van der Waals surface area contributed by atoms with Crippen LogP contribution in [-0.4, -0.2) is 45.3 Å². The van der Waals surface area contributed by atoms with Crippen molar-refractivity contribution in [3.63, 3.8) is 0 Å². The van der Waals surface area contributed by atoms with E-state index in [1.165, 1.54) is 20.8 Å². The molecular weight excluding hydrogens is 322 g/mol. The summed E-state index contributed by atoms with van der Waals surface area (Å²) in [7, 11) is 0. The van der Waals surface area contributed by atoms with Gasteiger partial charge in [-0.1, -0.05) is 0 Å². The third-order valence-corrected chi connectivity index (χ3v) is 2.80. The molecule has 2 N–H and O–H groups in total. The predicted octanol–water partition coefficient (Wildman–Crippen LogP) is 0.590. The third kappa shape index (κ3) is 5.69. The standard InChI is InChI=1S/C15H19NO8/c1-5-24-15(23)16(6-9(2)12(17)18,7-10(3)13(19)20)8-11(4)14(21)22/h6-8H,5H2,1-4H3,(H2-,17,18,19,20,21,22). The molecule has 0 aliphatic carbocycles. The summed E-state index contributed by atoms with van der Waals surface area (Å²) in [5.74, 6) is -4.35. The zero-order chi connectivity index (χ0) is 19.1. The van der Waals surface area contributed by atoms with Crippen molar-refractivity contribution >= 4 is 24.0 Å². The van der Waals surface area contributed by atoms with Crippen molar-refractivity contribution in [2.75, 3.05) is 6.61 Å². The highest BCUT2D eigenvalue weighted by molar-refractivity contribution is 5.87. The Morgan fingerprint density at radius 1 is 0.917 bits per heavy atom. The summed E-state index contributed by atoms with van der Waals surface area (Å²) < 4.78 is 3.66. The van der Waals surface area contributed by atoms with Crippen LogP contribution < -0.4 is 5.11 Å². The first kappa shape index (κ1) is 21.1. The first-order valence-corrected chi connectivity index (χ1v) is 6.78. The molecule has 0 saturated carbocycles. The summed E-state index contributed by atoms with van der Waals surface area (Å²) in [5.41, 5.74) is -1.05.